The predicted octanol–water partition coefficient (Wildman–Crippen LogP) is 0.392. The van der Waals surface area contributed by atoms with Crippen LogP contribution in [0.4, 0.5) is 0 Å². The molecule has 0 aromatic rings. The maximum absolute atomic E-state index is 12.3. The number of esters is 1. The first-order valence-corrected chi connectivity index (χ1v) is 6.85. The second kappa shape index (κ2) is 5.99. The Kier molecular flexibility index (Phi) is 4.59. The van der Waals surface area contributed by atoms with Gasteiger partial charge in [0.1, 0.15) is 5.54 Å². The summed E-state index contributed by atoms with van der Waals surface area (Å²) >= 11 is 0. The molecule has 1 N–H and O–H groups in total. The quantitative estimate of drug-likeness (QED) is 0.724. The SMILES string of the molecule is COC(=O)C1(N2CCCNCC2)CCOC(C)C1. The minimum atomic E-state index is -0.474. The summed E-state index contributed by atoms with van der Waals surface area (Å²) in [5, 5.41) is 3.38. The Morgan fingerprint density at radius 2 is 2.28 bits per heavy atom. The second-order valence-corrected chi connectivity index (χ2v) is 5.25. The molecule has 2 rings (SSSR count). The molecular weight excluding hydrogens is 232 g/mol. The molecule has 0 aliphatic carbocycles. The van der Waals surface area contributed by atoms with Crippen LogP contribution in [0.15, 0.2) is 0 Å². The molecule has 18 heavy (non-hydrogen) atoms. The molecule has 0 aromatic heterocycles. The van der Waals surface area contributed by atoms with Crippen LogP contribution in [-0.4, -0.2) is 62.4 Å². The molecule has 2 aliphatic rings. The Bertz CT molecular complexity index is 290. The molecule has 5 heteroatoms. The van der Waals surface area contributed by atoms with Crippen LogP contribution in [0.25, 0.3) is 0 Å². The number of carbonyl (C=O) groups is 1. The summed E-state index contributed by atoms with van der Waals surface area (Å²) in [6.45, 7) is 6.50. The van der Waals surface area contributed by atoms with Crippen molar-refractivity contribution >= 4 is 5.97 Å². The zero-order chi connectivity index (χ0) is 13.0. The molecule has 2 unspecified atom stereocenters. The lowest BCUT2D eigenvalue weighted by Gasteiger charge is -2.45. The predicted molar refractivity (Wildman–Crippen MR) is 68.5 cm³/mol. The number of hydrogen-bond donors (Lipinski definition) is 1. The first-order valence-electron chi connectivity index (χ1n) is 6.85. The molecule has 0 aromatic carbocycles. The van der Waals surface area contributed by atoms with Crippen molar-refractivity contribution in [3.05, 3.63) is 0 Å². The standard InChI is InChI=1S/C13H24N2O3/c1-11-10-13(4-9-18-11,12(16)17-2)15-7-3-5-14-6-8-15/h11,14H,3-10H2,1-2H3. The van der Waals surface area contributed by atoms with Gasteiger partial charge in [0.2, 0.25) is 0 Å². The Morgan fingerprint density at radius 1 is 1.44 bits per heavy atom. The van der Waals surface area contributed by atoms with E-state index in [4.69, 9.17) is 9.47 Å². The number of rotatable bonds is 2. The largest absolute Gasteiger partial charge is 0.468 e. The summed E-state index contributed by atoms with van der Waals surface area (Å²) in [6, 6.07) is 0. The van der Waals surface area contributed by atoms with Gasteiger partial charge in [0.15, 0.2) is 0 Å². The monoisotopic (exact) mass is 256 g/mol. The van der Waals surface area contributed by atoms with E-state index in [0.29, 0.717) is 6.61 Å². The van der Waals surface area contributed by atoms with Gasteiger partial charge < -0.3 is 14.8 Å². The Hall–Kier alpha value is -0.650. The minimum Gasteiger partial charge on any atom is -0.468 e. The topological polar surface area (TPSA) is 50.8 Å². The van der Waals surface area contributed by atoms with E-state index in [9.17, 15) is 4.79 Å². The summed E-state index contributed by atoms with van der Waals surface area (Å²) in [6.07, 6.45) is 2.67. The van der Waals surface area contributed by atoms with Crippen LogP contribution >= 0.6 is 0 Å². The van der Waals surface area contributed by atoms with Gasteiger partial charge in [-0.3, -0.25) is 9.69 Å². The third-order valence-electron chi connectivity index (χ3n) is 4.05. The number of methoxy groups -OCH3 is 1. The summed E-state index contributed by atoms with van der Waals surface area (Å²) in [5.74, 6) is -0.0976. The van der Waals surface area contributed by atoms with E-state index in [2.05, 4.69) is 10.2 Å². The molecule has 2 heterocycles. The molecular formula is C13H24N2O3. The van der Waals surface area contributed by atoms with Gasteiger partial charge in [-0.25, -0.2) is 0 Å². The summed E-state index contributed by atoms with van der Waals surface area (Å²) in [4.78, 5) is 14.6. The van der Waals surface area contributed by atoms with Crippen molar-refractivity contribution < 1.29 is 14.3 Å². The van der Waals surface area contributed by atoms with Crippen LogP contribution < -0.4 is 5.32 Å². The molecule has 2 aliphatic heterocycles. The molecule has 104 valence electrons. The summed E-state index contributed by atoms with van der Waals surface area (Å²) in [7, 11) is 1.49. The van der Waals surface area contributed by atoms with Crippen LogP contribution in [0.3, 0.4) is 0 Å². The van der Waals surface area contributed by atoms with E-state index in [1.165, 1.54) is 7.11 Å². The fourth-order valence-corrected chi connectivity index (χ4v) is 3.13. The molecule has 0 radical (unpaired) electrons. The number of carbonyl (C=O) groups excluding carboxylic acids is 1. The molecule has 2 saturated heterocycles. The van der Waals surface area contributed by atoms with E-state index in [0.717, 1.165) is 45.4 Å². The minimum absolute atomic E-state index is 0.0976. The highest BCUT2D eigenvalue weighted by molar-refractivity contribution is 5.81. The van der Waals surface area contributed by atoms with Gasteiger partial charge in [-0.15, -0.1) is 0 Å². The van der Waals surface area contributed by atoms with E-state index in [1.54, 1.807) is 0 Å². The molecule has 5 nitrogen and oxygen atoms in total. The van der Waals surface area contributed by atoms with Crippen molar-refractivity contribution in [1.29, 1.82) is 0 Å². The maximum atomic E-state index is 12.3. The molecule has 0 saturated carbocycles. The van der Waals surface area contributed by atoms with E-state index in [1.807, 2.05) is 6.92 Å². The van der Waals surface area contributed by atoms with E-state index >= 15 is 0 Å². The number of nitrogens with zero attached hydrogens (tertiary/aromatic N) is 1. The molecule has 0 spiro atoms. The summed E-state index contributed by atoms with van der Waals surface area (Å²) in [5.41, 5.74) is -0.474. The van der Waals surface area contributed by atoms with Crippen LogP contribution in [-0.2, 0) is 14.3 Å². The van der Waals surface area contributed by atoms with Gasteiger partial charge in [0, 0.05) is 32.7 Å². The maximum Gasteiger partial charge on any atom is 0.326 e. The first kappa shape index (κ1) is 13.8. The van der Waals surface area contributed by atoms with Crippen molar-refractivity contribution in [3.63, 3.8) is 0 Å². The molecule has 0 amide bonds. The van der Waals surface area contributed by atoms with Crippen molar-refractivity contribution in [2.24, 2.45) is 0 Å². The highest BCUT2D eigenvalue weighted by Gasteiger charge is 2.47. The lowest BCUT2D eigenvalue weighted by molar-refractivity contribution is -0.166. The lowest BCUT2D eigenvalue weighted by Crippen LogP contribution is -2.60. The molecule has 2 fully saturated rings. The Morgan fingerprint density at radius 3 is 3.00 bits per heavy atom. The number of nitrogens with one attached hydrogen (secondary N) is 1. The third kappa shape index (κ3) is 2.68. The fraction of sp³-hybridized carbons (Fsp3) is 0.923. The average molecular weight is 256 g/mol. The average Bonchev–Trinajstić information content (AvgIpc) is 2.66. The van der Waals surface area contributed by atoms with Crippen LogP contribution in [0.1, 0.15) is 26.2 Å². The number of hydrogen-bond acceptors (Lipinski definition) is 5. The fourth-order valence-electron chi connectivity index (χ4n) is 3.13. The van der Waals surface area contributed by atoms with Crippen molar-refractivity contribution in [1.82, 2.24) is 10.2 Å². The highest BCUT2D eigenvalue weighted by Crippen LogP contribution is 2.32. The smallest absolute Gasteiger partial charge is 0.326 e. The third-order valence-corrected chi connectivity index (χ3v) is 4.05. The molecule has 0 bridgehead atoms. The Balaban J connectivity index is 2.19. The normalized spacial score (nSPS) is 34.9. The first-order chi connectivity index (χ1) is 8.69. The zero-order valence-corrected chi connectivity index (χ0v) is 11.4. The van der Waals surface area contributed by atoms with Crippen LogP contribution in [0.2, 0.25) is 0 Å². The van der Waals surface area contributed by atoms with Gasteiger partial charge in [-0.2, -0.15) is 0 Å². The lowest BCUT2D eigenvalue weighted by atomic mass is 9.84. The van der Waals surface area contributed by atoms with E-state index < -0.39 is 5.54 Å². The van der Waals surface area contributed by atoms with Crippen LogP contribution in [0.5, 0.6) is 0 Å². The van der Waals surface area contributed by atoms with Gasteiger partial charge in [0.25, 0.3) is 0 Å². The molecule has 2 atom stereocenters. The zero-order valence-electron chi connectivity index (χ0n) is 11.4. The van der Waals surface area contributed by atoms with Crippen molar-refractivity contribution in [2.45, 2.75) is 37.8 Å². The van der Waals surface area contributed by atoms with Gasteiger partial charge >= 0.3 is 5.97 Å². The van der Waals surface area contributed by atoms with Crippen molar-refractivity contribution in [2.75, 3.05) is 39.9 Å². The van der Waals surface area contributed by atoms with Gasteiger partial charge in [-0.1, -0.05) is 0 Å². The van der Waals surface area contributed by atoms with Gasteiger partial charge in [0.05, 0.1) is 13.2 Å². The van der Waals surface area contributed by atoms with Crippen LogP contribution in [0, 0.1) is 0 Å². The Labute approximate surface area is 109 Å². The second-order valence-electron chi connectivity index (χ2n) is 5.25. The van der Waals surface area contributed by atoms with Crippen molar-refractivity contribution in [3.8, 4) is 0 Å². The van der Waals surface area contributed by atoms with Gasteiger partial charge in [-0.05, 0) is 26.3 Å². The number of ether oxygens (including phenoxy) is 2. The summed E-state index contributed by atoms with van der Waals surface area (Å²) < 4.78 is 10.7. The highest BCUT2D eigenvalue weighted by atomic mass is 16.5. The van der Waals surface area contributed by atoms with E-state index in [-0.39, 0.29) is 12.1 Å².